The molecule has 122 valence electrons. The number of benzene rings is 2. The van der Waals surface area contributed by atoms with E-state index in [1.54, 1.807) is 13.4 Å². The van der Waals surface area contributed by atoms with Gasteiger partial charge >= 0.3 is 0 Å². The van der Waals surface area contributed by atoms with Crippen LogP contribution >= 0.6 is 0 Å². The largest absolute Gasteiger partial charge is 0.496 e. The number of ether oxygens (including phenoxy) is 1. The zero-order chi connectivity index (χ0) is 16.8. The summed E-state index contributed by atoms with van der Waals surface area (Å²) in [7, 11) is 3.58. The SMILES string of the molecule is CCN(C)C=Nc1cc(OC)c(C(O)c2ccccc2)cc1C. The van der Waals surface area contributed by atoms with Crippen LogP contribution in [0.1, 0.15) is 29.7 Å². The molecule has 0 aliphatic heterocycles. The molecular formula is C19H24N2O2. The molecule has 0 aliphatic carbocycles. The molecule has 2 aromatic rings. The van der Waals surface area contributed by atoms with Gasteiger partial charge in [0.05, 0.1) is 19.1 Å². The molecule has 0 saturated heterocycles. The minimum Gasteiger partial charge on any atom is -0.496 e. The van der Waals surface area contributed by atoms with Gasteiger partial charge in [-0.05, 0) is 31.0 Å². The first-order valence-corrected chi connectivity index (χ1v) is 7.72. The molecule has 0 radical (unpaired) electrons. The quantitative estimate of drug-likeness (QED) is 0.653. The Morgan fingerprint density at radius 1 is 1.26 bits per heavy atom. The summed E-state index contributed by atoms with van der Waals surface area (Å²) < 4.78 is 5.47. The Morgan fingerprint density at radius 2 is 1.96 bits per heavy atom. The van der Waals surface area contributed by atoms with Crippen LogP contribution < -0.4 is 4.74 Å². The maximum absolute atomic E-state index is 10.6. The van der Waals surface area contributed by atoms with Crippen molar-refractivity contribution in [1.29, 1.82) is 0 Å². The van der Waals surface area contributed by atoms with E-state index in [1.807, 2.05) is 61.3 Å². The highest BCUT2D eigenvalue weighted by atomic mass is 16.5. The highest BCUT2D eigenvalue weighted by Gasteiger charge is 2.17. The van der Waals surface area contributed by atoms with Gasteiger partial charge in [0.2, 0.25) is 0 Å². The normalized spacial score (nSPS) is 12.4. The fourth-order valence-electron chi connectivity index (χ4n) is 2.29. The first-order chi connectivity index (χ1) is 11.1. The summed E-state index contributed by atoms with van der Waals surface area (Å²) in [6.45, 7) is 4.95. The van der Waals surface area contributed by atoms with Crippen molar-refractivity contribution in [3.05, 3.63) is 59.2 Å². The topological polar surface area (TPSA) is 45.1 Å². The highest BCUT2D eigenvalue weighted by Crippen LogP contribution is 2.35. The summed E-state index contributed by atoms with van der Waals surface area (Å²) in [5.74, 6) is 0.637. The van der Waals surface area contributed by atoms with Gasteiger partial charge in [0.15, 0.2) is 0 Å². The van der Waals surface area contributed by atoms with E-state index in [-0.39, 0.29) is 0 Å². The Kier molecular flexibility index (Phi) is 5.77. The molecule has 2 rings (SSSR count). The fraction of sp³-hybridized carbons (Fsp3) is 0.316. The Labute approximate surface area is 138 Å². The average Bonchev–Trinajstić information content (AvgIpc) is 2.60. The van der Waals surface area contributed by atoms with Gasteiger partial charge in [-0.1, -0.05) is 30.3 Å². The van der Waals surface area contributed by atoms with Crippen LogP contribution in [0.2, 0.25) is 0 Å². The number of rotatable bonds is 6. The lowest BCUT2D eigenvalue weighted by Crippen LogP contribution is -2.14. The highest BCUT2D eigenvalue weighted by molar-refractivity contribution is 5.65. The number of hydrogen-bond donors (Lipinski definition) is 1. The van der Waals surface area contributed by atoms with Gasteiger partial charge in [0.25, 0.3) is 0 Å². The average molecular weight is 312 g/mol. The van der Waals surface area contributed by atoms with Crippen molar-refractivity contribution in [1.82, 2.24) is 4.90 Å². The van der Waals surface area contributed by atoms with Crippen LogP contribution in [0.5, 0.6) is 5.75 Å². The van der Waals surface area contributed by atoms with Crippen molar-refractivity contribution in [2.45, 2.75) is 20.0 Å². The zero-order valence-electron chi connectivity index (χ0n) is 14.2. The van der Waals surface area contributed by atoms with Gasteiger partial charge in [0, 0.05) is 25.2 Å². The van der Waals surface area contributed by atoms with Crippen LogP contribution in [0.3, 0.4) is 0 Å². The monoisotopic (exact) mass is 312 g/mol. The van der Waals surface area contributed by atoms with Crippen molar-refractivity contribution in [3.63, 3.8) is 0 Å². The molecular weight excluding hydrogens is 288 g/mol. The molecule has 1 unspecified atom stereocenters. The molecule has 0 saturated carbocycles. The zero-order valence-corrected chi connectivity index (χ0v) is 14.2. The van der Waals surface area contributed by atoms with Gasteiger partial charge in [-0.2, -0.15) is 0 Å². The first kappa shape index (κ1) is 17.0. The van der Waals surface area contributed by atoms with Gasteiger partial charge in [-0.15, -0.1) is 0 Å². The van der Waals surface area contributed by atoms with Crippen molar-refractivity contribution < 1.29 is 9.84 Å². The minimum atomic E-state index is -0.721. The van der Waals surface area contributed by atoms with Crippen molar-refractivity contribution in [3.8, 4) is 5.75 Å². The summed E-state index contributed by atoms with van der Waals surface area (Å²) in [6, 6.07) is 13.4. The molecule has 0 aromatic heterocycles. The van der Waals surface area contributed by atoms with E-state index in [0.717, 1.165) is 28.9 Å². The fourth-order valence-corrected chi connectivity index (χ4v) is 2.29. The molecule has 0 amide bonds. The Hall–Kier alpha value is -2.33. The summed E-state index contributed by atoms with van der Waals surface area (Å²) >= 11 is 0. The number of nitrogens with zero attached hydrogens (tertiary/aromatic N) is 2. The Balaban J connectivity index is 2.39. The van der Waals surface area contributed by atoms with Gasteiger partial charge in [-0.3, -0.25) is 0 Å². The summed E-state index contributed by atoms with van der Waals surface area (Å²) in [4.78, 5) is 6.50. The number of methoxy groups -OCH3 is 1. The van der Waals surface area contributed by atoms with Crippen LogP contribution in [-0.2, 0) is 0 Å². The maximum atomic E-state index is 10.6. The maximum Gasteiger partial charge on any atom is 0.127 e. The van der Waals surface area contributed by atoms with E-state index < -0.39 is 6.10 Å². The number of aliphatic hydroxyl groups excluding tert-OH is 1. The van der Waals surface area contributed by atoms with Crippen LogP contribution in [0.15, 0.2) is 47.5 Å². The summed E-state index contributed by atoms with van der Waals surface area (Å²) in [5.41, 5.74) is 3.42. The van der Waals surface area contributed by atoms with E-state index in [9.17, 15) is 5.11 Å². The van der Waals surface area contributed by atoms with Gasteiger partial charge < -0.3 is 14.7 Å². The van der Waals surface area contributed by atoms with E-state index in [0.29, 0.717) is 5.75 Å². The number of aliphatic imine (C=N–C) groups is 1. The molecule has 0 bridgehead atoms. The van der Waals surface area contributed by atoms with E-state index in [2.05, 4.69) is 11.9 Å². The number of aliphatic hydroxyl groups is 1. The molecule has 4 nitrogen and oxygen atoms in total. The third kappa shape index (κ3) is 4.11. The summed E-state index contributed by atoms with van der Waals surface area (Å²) in [6.07, 6.45) is 1.08. The predicted octanol–water partition coefficient (Wildman–Crippen LogP) is 3.70. The molecule has 0 aliphatic rings. The van der Waals surface area contributed by atoms with Crippen molar-refractivity contribution in [2.24, 2.45) is 4.99 Å². The van der Waals surface area contributed by atoms with Crippen LogP contribution in [0.25, 0.3) is 0 Å². The smallest absolute Gasteiger partial charge is 0.127 e. The Bertz CT molecular complexity index is 669. The molecule has 1 atom stereocenters. The molecule has 4 heteroatoms. The second-order valence-corrected chi connectivity index (χ2v) is 5.51. The molecule has 1 N–H and O–H groups in total. The van der Waals surface area contributed by atoms with Crippen LogP contribution in [0, 0.1) is 6.92 Å². The van der Waals surface area contributed by atoms with Crippen LogP contribution in [0.4, 0.5) is 5.69 Å². The first-order valence-electron chi connectivity index (χ1n) is 7.72. The lowest BCUT2D eigenvalue weighted by molar-refractivity contribution is 0.214. The Morgan fingerprint density at radius 3 is 2.57 bits per heavy atom. The molecule has 2 aromatic carbocycles. The third-order valence-electron chi connectivity index (χ3n) is 3.85. The second kappa shape index (κ2) is 7.79. The molecule has 0 spiro atoms. The number of aryl methyl sites for hydroxylation is 1. The molecule has 0 heterocycles. The predicted molar refractivity (Wildman–Crippen MR) is 94.7 cm³/mol. The van der Waals surface area contributed by atoms with E-state index in [1.165, 1.54) is 0 Å². The summed E-state index contributed by atoms with van der Waals surface area (Å²) in [5, 5.41) is 10.6. The van der Waals surface area contributed by atoms with E-state index >= 15 is 0 Å². The van der Waals surface area contributed by atoms with E-state index in [4.69, 9.17) is 4.74 Å². The standard InChI is InChI=1S/C19H24N2O2/c1-5-21(3)13-20-17-12-18(23-4)16(11-14(17)2)19(22)15-9-7-6-8-10-15/h6-13,19,22H,5H2,1-4H3. The van der Waals surface area contributed by atoms with Gasteiger partial charge in [-0.25, -0.2) is 4.99 Å². The van der Waals surface area contributed by atoms with Crippen molar-refractivity contribution >= 4 is 12.0 Å². The van der Waals surface area contributed by atoms with Gasteiger partial charge in [0.1, 0.15) is 11.9 Å². The lowest BCUT2D eigenvalue weighted by atomic mass is 9.98. The third-order valence-corrected chi connectivity index (χ3v) is 3.85. The second-order valence-electron chi connectivity index (χ2n) is 5.51. The van der Waals surface area contributed by atoms with Crippen molar-refractivity contribution in [2.75, 3.05) is 20.7 Å². The number of hydrogen-bond acceptors (Lipinski definition) is 3. The lowest BCUT2D eigenvalue weighted by Gasteiger charge is -2.17. The van der Waals surface area contributed by atoms with Crippen LogP contribution in [-0.4, -0.2) is 37.0 Å². The molecule has 0 fully saturated rings. The minimum absolute atomic E-state index is 0.637. The molecule has 23 heavy (non-hydrogen) atoms.